The Morgan fingerprint density at radius 3 is 0.949 bits per heavy atom. The van der Waals surface area contributed by atoms with E-state index < -0.39 is 53.1 Å². The number of ether oxygens (including phenoxy) is 1. The first-order valence-corrected chi connectivity index (χ1v) is 47.4. The molecule has 6 aromatic heterocycles. The molecule has 0 bridgehead atoms. The van der Waals surface area contributed by atoms with Crippen molar-refractivity contribution >= 4 is 226 Å². The van der Waals surface area contributed by atoms with Crippen molar-refractivity contribution in [2.45, 2.75) is 108 Å². The molecule has 0 fully saturated rings. The van der Waals surface area contributed by atoms with Crippen molar-refractivity contribution in [2.75, 3.05) is 33.7 Å². The molecular formula is C93H98Br4Cl7N15O16S3. The van der Waals surface area contributed by atoms with Crippen LogP contribution in [-0.2, 0) is 79.3 Å². The molecule has 6 heterocycles. The van der Waals surface area contributed by atoms with Gasteiger partial charge in [-0.15, -0.1) is 67.9 Å². The first-order valence-electron chi connectivity index (χ1n) is 39.6. The molecule has 0 aliphatic heterocycles. The highest BCUT2D eigenvalue weighted by molar-refractivity contribution is 8.93. The van der Waals surface area contributed by atoms with Crippen LogP contribution in [0.15, 0.2) is 228 Å². The van der Waals surface area contributed by atoms with Crippen LogP contribution >= 0.6 is 149 Å². The summed E-state index contributed by atoms with van der Waals surface area (Å²) in [5.41, 5.74) is 17.3. The Balaban J connectivity index is 0.000000424. The summed E-state index contributed by atoms with van der Waals surface area (Å²) in [7, 11) is -5.97. The van der Waals surface area contributed by atoms with Crippen molar-refractivity contribution in [3.63, 3.8) is 0 Å². The SMILES string of the molecule is Br.Br.Br.Br.CC(=O)c1cc(Cl)cn(Cc2ccc(Cl)cc2S(C)(=O)=O)c1=N.CC(=O)c1cc(Cl)cn(Cc2ccc(S(C)(=O)=O)cc2)c1=N.CC(=O)c1cc(Cl)cn(Cc2cccc(C(C)(C)O)c2)c1=N.CC(=O)c1cc(Cl)cn(Cc2cccc(C(N)=O)c2)c1=N.CN(C)S(=O)(=O)c1ccc(Cn2cc(Cl)cc(C(N)=O)c2=N)cc1.COC(=O)c1cccc(Cn2cc(Cl)cc(C(C)=O)c2=N)c1. The van der Waals surface area contributed by atoms with Crippen molar-refractivity contribution in [3.8, 4) is 0 Å². The third-order valence-electron chi connectivity index (χ3n) is 19.6. The predicted molar refractivity (Wildman–Crippen MR) is 552 cm³/mol. The zero-order chi connectivity index (χ0) is 100. The van der Waals surface area contributed by atoms with Gasteiger partial charge in [-0.1, -0.05) is 160 Å². The van der Waals surface area contributed by atoms with Crippen LogP contribution in [0.2, 0.25) is 35.2 Å². The molecule has 736 valence electrons. The van der Waals surface area contributed by atoms with Gasteiger partial charge in [-0.05, 0) is 184 Å². The van der Waals surface area contributed by atoms with Crippen LogP contribution in [0.1, 0.15) is 170 Å². The minimum atomic E-state index is -3.49. The molecule has 0 atom stereocenters. The van der Waals surface area contributed by atoms with Crippen molar-refractivity contribution in [3.05, 3.63) is 365 Å². The van der Waals surface area contributed by atoms with Crippen LogP contribution in [0.5, 0.6) is 0 Å². The number of halogens is 11. The lowest BCUT2D eigenvalue weighted by molar-refractivity contribution is 0.0599. The van der Waals surface area contributed by atoms with E-state index in [2.05, 4.69) is 4.74 Å². The largest absolute Gasteiger partial charge is 0.465 e. The first-order chi connectivity index (χ1) is 62.4. The molecule has 0 spiro atoms. The molecule has 12 aromatic rings. The summed E-state index contributed by atoms with van der Waals surface area (Å²) in [6.07, 6.45) is 11.6. The molecule has 0 aliphatic rings. The Kier molecular flexibility index (Phi) is 46.9. The number of carbonyl (C=O) groups excluding carboxylic acids is 8. The van der Waals surface area contributed by atoms with Gasteiger partial charge in [0.05, 0.1) is 103 Å². The van der Waals surface area contributed by atoms with E-state index in [9.17, 15) is 68.7 Å². The number of pyridine rings is 6. The number of nitrogens with two attached hydrogens (primary N) is 2. The lowest BCUT2D eigenvalue weighted by Crippen LogP contribution is -2.29. The highest BCUT2D eigenvalue weighted by Gasteiger charge is 2.22. The average Bonchev–Trinajstić information content (AvgIpc) is 0.646. The zero-order valence-corrected chi connectivity index (χ0v) is 90.4. The van der Waals surface area contributed by atoms with Crippen LogP contribution in [0.4, 0.5) is 0 Å². The molecule has 0 unspecified atom stereocenters. The molecule has 11 N–H and O–H groups in total. The fourth-order valence-electron chi connectivity index (χ4n) is 12.7. The average molecular weight is 2350 g/mol. The van der Waals surface area contributed by atoms with E-state index >= 15 is 0 Å². The second-order valence-electron chi connectivity index (χ2n) is 30.8. The summed E-state index contributed by atoms with van der Waals surface area (Å²) < 4.78 is 85.8. The topological polar surface area (TPSA) is 496 Å². The number of nitrogens with zero attached hydrogens (tertiary/aromatic N) is 7. The predicted octanol–water partition coefficient (Wildman–Crippen LogP) is 16.3. The monoisotopic (exact) mass is 2340 g/mol. The van der Waals surface area contributed by atoms with E-state index in [0.717, 1.165) is 50.2 Å². The molecule has 0 saturated carbocycles. The minimum Gasteiger partial charge on any atom is -0.465 e. The number of methoxy groups -OCH3 is 1. The minimum absolute atomic E-state index is 0. The molecule has 12 rings (SSSR count). The van der Waals surface area contributed by atoms with Gasteiger partial charge in [0, 0.05) is 107 Å². The second-order valence-corrected chi connectivity index (χ2v) is 40.0. The lowest BCUT2D eigenvalue weighted by atomic mass is 9.96. The second kappa shape index (κ2) is 53.2. The Labute approximate surface area is 872 Å². The number of ketones is 5. The van der Waals surface area contributed by atoms with Gasteiger partial charge in [-0.2, -0.15) is 0 Å². The van der Waals surface area contributed by atoms with Gasteiger partial charge in [-0.3, -0.25) is 66.0 Å². The molecule has 6 aromatic carbocycles. The van der Waals surface area contributed by atoms with Crippen molar-refractivity contribution in [1.82, 2.24) is 31.7 Å². The van der Waals surface area contributed by atoms with Crippen molar-refractivity contribution in [2.24, 2.45) is 11.5 Å². The summed E-state index contributed by atoms with van der Waals surface area (Å²) in [5, 5.41) is 61.0. The van der Waals surface area contributed by atoms with Gasteiger partial charge in [0.15, 0.2) is 48.6 Å². The molecule has 0 saturated heterocycles. The van der Waals surface area contributed by atoms with Crippen molar-refractivity contribution in [1.29, 1.82) is 32.5 Å². The number of Topliss-reactive ketones (excluding diaryl/α,β-unsaturated/α-hetero) is 5. The standard InChI is InChI=1S/C17H19ClN2O2.C16H15ClN2O3.C15H14Cl2N2O3S.C15H17ClN4O3S.C15H14ClN3O2.C15H15ClN2O3S.4BrH/c1-11(21)15-8-14(18)10-20(16(15)19)9-12-5-4-6-13(7-12)17(2,3)22;1-10(20)14-7-13(17)9-19(15(14)18)8-11-4-3-5-12(6-11)16(21)22-2;1-9(20)13-5-12(17)8-19(15(13)18)7-10-3-4-11(16)6-14(10)23(2,21)22;1-19(2)24(22,23)12-5-3-10(4-6-12)8-20-9-11(16)7-13(14(20)17)15(18)21;1-9(20)13-6-12(16)8-19(14(13)17)7-10-3-2-4-11(5-10)15(18)21;1-10(19)14-7-12(16)9-18(15(14)17)8-11-3-5-13(6-4-11)22(2,20)21;;;;/h4-8,10,19,22H,9H2,1-3H3;3-7,9,18H,8H2,1-2H3;3-6,8,18H,7H2,1-2H3;3-7,9,17H,8H2,1-2H3,(H2,18,21);2-6,8,17H,7H2,1H3,(H2,18,21);3-7,9,17H,8H2,1-2H3;4*1H. The quantitative estimate of drug-likeness (QED) is 0.0190. The number of carbonyl (C=O) groups is 8. The van der Waals surface area contributed by atoms with E-state index in [0.29, 0.717) is 78.6 Å². The number of sulfone groups is 2. The number of sulfonamides is 1. The lowest BCUT2D eigenvalue weighted by Gasteiger charge is -2.19. The maximum atomic E-state index is 12.0. The number of nitrogens with one attached hydrogen (secondary N) is 6. The maximum absolute atomic E-state index is 12.0. The summed E-state index contributed by atoms with van der Waals surface area (Å²) in [6, 6.07) is 47.1. The molecular weight excluding hydrogens is 2250 g/mol. The Morgan fingerprint density at radius 1 is 0.362 bits per heavy atom. The summed E-state index contributed by atoms with van der Waals surface area (Å²) in [5.74, 6) is -2.81. The number of hydrogen-bond acceptors (Lipinski definition) is 22. The highest BCUT2D eigenvalue weighted by atomic mass is 79.9. The smallest absolute Gasteiger partial charge is 0.337 e. The number of primary amides is 2. The van der Waals surface area contributed by atoms with Gasteiger partial charge < -0.3 is 48.7 Å². The van der Waals surface area contributed by atoms with Crippen LogP contribution in [-0.4, -0.2) is 142 Å². The Hall–Kier alpha value is -10.5. The molecule has 0 aliphatic carbocycles. The van der Waals surface area contributed by atoms with Crippen LogP contribution < -0.4 is 44.4 Å². The van der Waals surface area contributed by atoms with Gasteiger partial charge in [0.1, 0.15) is 32.9 Å². The van der Waals surface area contributed by atoms with Crippen LogP contribution in [0.25, 0.3) is 0 Å². The van der Waals surface area contributed by atoms with E-state index in [1.807, 2.05) is 36.4 Å². The van der Waals surface area contributed by atoms with E-state index in [1.165, 1.54) is 144 Å². The summed E-state index contributed by atoms with van der Waals surface area (Å²) in [4.78, 5) is 92.3. The number of aromatic nitrogens is 6. The molecule has 0 radical (unpaired) electrons. The normalized spacial score (nSPS) is 10.8. The van der Waals surface area contributed by atoms with E-state index in [4.69, 9.17) is 125 Å². The van der Waals surface area contributed by atoms with Crippen LogP contribution in [0, 0.1) is 32.5 Å². The van der Waals surface area contributed by atoms with E-state index in [-0.39, 0.29) is 190 Å². The van der Waals surface area contributed by atoms with Gasteiger partial charge in [0.2, 0.25) is 15.9 Å². The zero-order valence-electron chi connectivity index (χ0n) is 75.8. The number of esters is 1. The molecule has 2 amide bonds. The number of hydrogen-bond donors (Lipinski definition) is 9. The number of amides is 2. The molecule has 138 heavy (non-hydrogen) atoms. The van der Waals surface area contributed by atoms with Crippen LogP contribution in [0.3, 0.4) is 0 Å². The van der Waals surface area contributed by atoms with Gasteiger partial charge in [0.25, 0.3) is 5.91 Å². The summed E-state index contributed by atoms with van der Waals surface area (Å²) in [6.45, 7) is 12.1. The molecule has 45 heteroatoms. The third kappa shape index (κ3) is 34.8. The first kappa shape index (κ1) is 122. The Bertz CT molecular complexity index is 7380. The highest BCUT2D eigenvalue weighted by Crippen LogP contribution is 2.26. The summed E-state index contributed by atoms with van der Waals surface area (Å²) >= 11 is 41.8. The van der Waals surface area contributed by atoms with E-state index in [1.54, 1.807) is 130 Å². The number of aliphatic hydroxyl groups is 1. The van der Waals surface area contributed by atoms with Gasteiger partial charge in [-0.25, -0.2) is 34.4 Å². The fraction of sp³-hybridized carbons (Fsp3) is 0.204. The third-order valence-corrected chi connectivity index (χ3v) is 25.2. The van der Waals surface area contributed by atoms with Crippen molar-refractivity contribution < 1.29 is 73.5 Å². The maximum Gasteiger partial charge on any atom is 0.337 e. The number of benzene rings is 6. The Morgan fingerprint density at radius 2 is 0.652 bits per heavy atom. The van der Waals surface area contributed by atoms with Gasteiger partial charge >= 0.3 is 5.97 Å². The fourth-order valence-corrected chi connectivity index (χ4v) is 16.8. The molecule has 31 nitrogen and oxygen atoms in total. The number of rotatable bonds is 25.